The number of fused-ring (bicyclic) bond motifs is 1. The third-order valence-electron chi connectivity index (χ3n) is 5.53. The van der Waals surface area contributed by atoms with Gasteiger partial charge >= 0.3 is 0 Å². The van der Waals surface area contributed by atoms with Gasteiger partial charge in [-0.1, -0.05) is 36.4 Å². The standard InChI is InChI=1S/C23H27N5O/c1-28(2)21-14-15-24-23(27-21)26-18-12-10-17(11-13-18)25-22(29)20-9-5-7-16-6-3-4-8-19(16)20/h3-9,14-15,17-18H,10-13H2,1-2H3,(H,25,29)(H,24,26,27). The van der Waals surface area contributed by atoms with Crippen LogP contribution >= 0.6 is 0 Å². The largest absolute Gasteiger partial charge is 0.363 e. The molecule has 2 aromatic carbocycles. The van der Waals surface area contributed by atoms with Gasteiger partial charge < -0.3 is 15.5 Å². The van der Waals surface area contributed by atoms with Crippen LogP contribution in [0.1, 0.15) is 36.0 Å². The molecule has 1 amide bonds. The van der Waals surface area contributed by atoms with Crippen LogP contribution in [0.2, 0.25) is 0 Å². The molecule has 1 aliphatic rings. The first-order chi connectivity index (χ1) is 14.1. The van der Waals surface area contributed by atoms with E-state index in [1.165, 1.54) is 0 Å². The minimum Gasteiger partial charge on any atom is -0.363 e. The topological polar surface area (TPSA) is 70.2 Å². The SMILES string of the molecule is CN(C)c1ccnc(NC2CCC(NC(=O)c3cccc4ccccc34)CC2)n1. The number of hydrogen-bond donors (Lipinski definition) is 2. The molecule has 0 spiro atoms. The molecule has 1 saturated carbocycles. The molecule has 150 valence electrons. The van der Waals surface area contributed by atoms with Crippen molar-refractivity contribution in [3.05, 3.63) is 60.3 Å². The predicted molar refractivity (Wildman–Crippen MR) is 117 cm³/mol. The number of aromatic nitrogens is 2. The van der Waals surface area contributed by atoms with E-state index in [9.17, 15) is 4.79 Å². The maximum atomic E-state index is 12.8. The zero-order valence-corrected chi connectivity index (χ0v) is 16.9. The van der Waals surface area contributed by atoms with Crippen LogP contribution in [0.3, 0.4) is 0 Å². The molecular formula is C23H27N5O. The summed E-state index contributed by atoms with van der Waals surface area (Å²) in [5.41, 5.74) is 0.747. The van der Waals surface area contributed by atoms with E-state index in [1.54, 1.807) is 6.20 Å². The van der Waals surface area contributed by atoms with Crippen LogP contribution in [0, 0.1) is 0 Å². The maximum absolute atomic E-state index is 12.8. The number of anilines is 2. The molecule has 1 heterocycles. The van der Waals surface area contributed by atoms with E-state index in [2.05, 4.69) is 20.6 Å². The Morgan fingerprint density at radius 1 is 0.966 bits per heavy atom. The smallest absolute Gasteiger partial charge is 0.252 e. The molecule has 0 saturated heterocycles. The van der Waals surface area contributed by atoms with Crippen LogP contribution in [0.15, 0.2) is 54.7 Å². The predicted octanol–water partition coefficient (Wildman–Crippen LogP) is 3.85. The molecule has 0 bridgehead atoms. The fourth-order valence-corrected chi connectivity index (χ4v) is 3.92. The maximum Gasteiger partial charge on any atom is 0.252 e. The van der Waals surface area contributed by atoms with Crippen LogP contribution in [0.25, 0.3) is 10.8 Å². The monoisotopic (exact) mass is 389 g/mol. The van der Waals surface area contributed by atoms with Crippen molar-refractivity contribution in [3.8, 4) is 0 Å². The summed E-state index contributed by atoms with van der Waals surface area (Å²) in [6.07, 6.45) is 5.63. The van der Waals surface area contributed by atoms with Gasteiger partial charge in [0, 0.05) is 37.9 Å². The van der Waals surface area contributed by atoms with Crippen molar-refractivity contribution < 1.29 is 4.79 Å². The van der Waals surface area contributed by atoms with Crippen LogP contribution in [0.5, 0.6) is 0 Å². The number of carbonyl (C=O) groups excluding carboxylic acids is 1. The summed E-state index contributed by atoms with van der Waals surface area (Å²) in [7, 11) is 3.94. The van der Waals surface area contributed by atoms with Gasteiger partial charge in [0.2, 0.25) is 5.95 Å². The fraction of sp³-hybridized carbons (Fsp3) is 0.348. The van der Waals surface area contributed by atoms with Crippen LogP contribution in [0.4, 0.5) is 11.8 Å². The minimum absolute atomic E-state index is 0.0141. The number of benzene rings is 2. The lowest BCUT2D eigenvalue weighted by Crippen LogP contribution is -2.40. The number of amides is 1. The summed E-state index contributed by atoms with van der Waals surface area (Å²) in [5.74, 6) is 1.57. The third-order valence-corrected chi connectivity index (χ3v) is 5.53. The Balaban J connectivity index is 1.34. The number of carbonyl (C=O) groups is 1. The van der Waals surface area contributed by atoms with Crippen LogP contribution in [-0.2, 0) is 0 Å². The van der Waals surface area contributed by atoms with Gasteiger partial charge in [0.05, 0.1) is 0 Å². The molecule has 6 heteroatoms. The lowest BCUT2D eigenvalue weighted by Gasteiger charge is -2.30. The van der Waals surface area contributed by atoms with E-state index in [-0.39, 0.29) is 11.9 Å². The normalized spacial score (nSPS) is 19.0. The number of rotatable bonds is 5. The quantitative estimate of drug-likeness (QED) is 0.694. The average Bonchev–Trinajstić information content (AvgIpc) is 2.75. The molecule has 3 aromatic rings. The molecule has 29 heavy (non-hydrogen) atoms. The van der Waals surface area contributed by atoms with Crippen molar-refractivity contribution in [1.29, 1.82) is 0 Å². The van der Waals surface area contributed by atoms with Crippen molar-refractivity contribution in [3.63, 3.8) is 0 Å². The lowest BCUT2D eigenvalue weighted by atomic mass is 9.91. The van der Waals surface area contributed by atoms with E-state index in [0.29, 0.717) is 12.0 Å². The van der Waals surface area contributed by atoms with Crippen molar-refractivity contribution in [2.45, 2.75) is 37.8 Å². The molecule has 6 nitrogen and oxygen atoms in total. The van der Waals surface area contributed by atoms with Crippen LogP contribution < -0.4 is 15.5 Å². The zero-order valence-electron chi connectivity index (χ0n) is 16.9. The molecule has 4 rings (SSSR count). The highest BCUT2D eigenvalue weighted by Gasteiger charge is 2.23. The molecule has 0 aliphatic heterocycles. The summed E-state index contributed by atoms with van der Waals surface area (Å²) in [5, 5.41) is 8.77. The van der Waals surface area contributed by atoms with Gasteiger partial charge in [0.1, 0.15) is 5.82 Å². The second kappa shape index (κ2) is 8.47. The summed E-state index contributed by atoms with van der Waals surface area (Å²) >= 11 is 0. The zero-order chi connectivity index (χ0) is 20.2. The Kier molecular flexibility index (Phi) is 5.60. The Bertz CT molecular complexity index is 990. The molecule has 1 aromatic heterocycles. The Morgan fingerprint density at radius 2 is 1.69 bits per heavy atom. The van der Waals surface area contributed by atoms with E-state index in [0.717, 1.165) is 47.8 Å². The van der Waals surface area contributed by atoms with E-state index in [1.807, 2.05) is 67.5 Å². The van der Waals surface area contributed by atoms with E-state index < -0.39 is 0 Å². The number of hydrogen-bond acceptors (Lipinski definition) is 5. The van der Waals surface area contributed by atoms with Crippen molar-refractivity contribution in [2.24, 2.45) is 0 Å². The van der Waals surface area contributed by atoms with Crippen LogP contribution in [-0.4, -0.2) is 42.1 Å². The highest BCUT2D eigenvalue weighted by molar-refractivity contribution is 6.07. The molecule has 0 radical (unpaired) electrons. The van der Waals surface area contributed by atoms with Gasteiger partial charge in [0.25, 0.3) is 5.91 Å². The second-order valence-electron chi connectivity index (χ2n) is 7.83. The molecule has 1 aliphatic carbocycles. The summed E-state index contributed by atoms with van der Waals surface area (Å²) in [4.78, 5) is 23.7. The van der Waals surface area contributed by atoms with Gasteiger partial charge in [-0.2, -0.15) is 4.98 Å². The van der Waals surface area contributed by atoms with Gasteiger partial charge in [0.15, 0.2) is 0 Å². The second-order valence-corrected chi connectivity index (χ2v) is 7.83. The summed E-state index contributed by atoms with van der Waals surface area (Å²) in [6.45, 7) is 0. The summed E-state index contributed by atoms with van der Waals surface area (Å²) in [6, 6.07) is 16.3. The fourth-order valence-electron chi connectivity index (χ4n) is 3.92. The third kappa shape index (κ3) is 4.47. The number of nitrogens with zero attached hydrogens (tertiary/aromatic N) is 3. The lowest BCUT2D eigenvalue weighted by molar-refractivity contribution is 0.0928. The highest BCUT2D eigenvalue weighted by Crippen LogP contribution is 2.23. The first-order valence-corrected chi connectivity index (χ1v) is 10.2. The van der Waals surface area contributed by atoms with Crippen molar-refractivity contribution >= 4 is 28.4 Å². The summed E-state index contributed by atoms with van der Waals surface area (Å²) < 4.78 is 0. The molecule has 0 unspecified atom stereocenters. The van der Waals surface area contributed by atoms with Gasteiger partial charge in [-0.05, 0) is 48.6 Å². The number of nitrogens with one attached hydrogen (secondary N) is 2. The Labute approximate surface area is 171 Å². The molecule has 0 atom stereocenters. The minimum atomic E-state index is 0.0141. The highest BCUT2D eigenvalue weighted by atomic mass is 16.1. The van der Waals surface area contributed by atoms with E-state index >= 15 is 0 Å². The Hall–Kier alpha value is -3.15. The first-order valence-electron chi connectivity index (χ1n) is 10.2. The Morgan fingerprint density at radius 3 is 2.48 bits per heavy atom. The van der Waals surface area contributed by atoms with Crippen molar-refractivity contribution in [1.82, 2.24) is 15.3 Å². The first kappa shape index (κ1) is 19.2. The van der Waals surface area contributed by atoms with E-state index in [4.69, 9.17) is 0 Å². The molecule has 2 N–H and O–H groups in total. The van der Waals surface area contributed by atoms with Gasteiger partial charge in [-0.3, -0.25) is 4.79 Å². The molecule has 1 fully saturated rings. The molecular weight excluding hydrogens is 362 g/mol. The van der Waals surface area contributed by atoms with Gasteiger partial charge in [-0.25, -0.2) is 4.98 Å². The van der Waals surface area contributed by atoms with Crippen molar-refractivity contribution in [2.75, 3.05) is 24.3 Å². The van der Waals surface area contributed by atoms with Gasteiger partial charge in [-0.15, -0.1) is 0 Å². The average molecular weight is 390 g/mol.